The summed E-state index contributed by atoms with van der Waals surface area (Å²) in [5.74, 6) is -1.92. The van der Waals surface area contributed by atoms with Crippen molar-refractivity contribution in [3.05, 3.63) is 0 Å². The highest BCUT2D eigenvalue weighted by Gasteiger charge is 2.57. The maximum atomic E-state index is 12.6. The molecule has 0 spiro atoms. The molecular formula is C10H17F3N2O3. The third kappa shape index (κ3) is 3.56. The molecule has 8 heteroatoms. The van der Waals surface area contributed by atoms with Crippen LogP contribution in [0.1, 0.15) is 6.92 Å². The lowest BCUT2D eigenvalue weighted by Crippen LogP contribution is -2.61. The molecule has 1 rings (SSSR count). The van der Waals surface area contributed by atoms with Crippen molar-refractivity contribution < 1.29 is 27.8 Å². The first-order valence-electron chi connectivity index (χ1n) is 5.62. The average Bonchev–Trinajstić information content (AvgIpc) is 2.28. The second-order valence-corrected chi connectivity index (χ2v) is 4.31. The molecule has 1 saturated heterocycles. The number of morpholine rings is 1. The first-order chi connectivity index (χ1) is 8.27. The van der Waals surface area contributed by atoms with E-state index in [4.69, 9.17) is 9.84 Å². The summed E-state index contributed by atoms with van der Waals surface area (Å²) in [4.78, 5) is 12.7. The van der Waals surface area contributed by atoms with Gasteiger partial charge >= 0.3 is 12.1 Å². The molecule has 18 heavy (non-hydrogen) atoms. The van der Waals surface area contributed by atoms with E-state index in [1.165, 1.54) is 0 Å². The average molecular weight is 270 g/mol. The number of carboxylic acids is 1. The quantitative estimate of drug-likeness (QED) is 0.753. The third-order valence-corrected chi connectivity index (χ3v) is 3.00. The largest absolute Gasteiger partial charge is 0.480 e. The summed E-state index contributed by atoms with van der Waals surface area (Å²) in [5, 5.41) is 10.8. The lowest BCUT2D eigenvalue weighted by Gasteiger charge is -2.31. The maximum Gasteiger partial charge on any atom is 0.417 e. The molecule has 0 aromatic carbocycles. The number of rotatable bonds is 5. The van der Waals surface area contributed by atoms with Crippen LogP contribution < -0.4 is 5.32 Å². The van der Waals surface area contributed by atoms with Gasteiger partial charge in [-0.2, -0.15) is 13.2 Å². The minimum Gasteiger partial charge on any atom is -0.480 e. The van der Waals surface area contributed by atoms with E-state index in [1.807, 2.05) is 4.90 Å². The second kappa shape index (κ2) is 5.85. The van der Waals surface area contributed by atoms with Crippen LogP contribution in [-0.4, -0.2) is 67.1 Å². The van der Waals surface area contributed by atoms with Crippen LogP contribution in [-0.2, 0) is 9.53 Å². The van der Waals surface area contributed by atoms with Gasteiger partial charge in [0.25, 0.3) is 0 Å². The van der Waals surface area contributed by atoms with Gasteiger partial charge in [-0.1, -0.05) is 0 Å². The first kappa shape index (κ1) is 15.2. The van der Waals surface area contributed by atoms with Gasteiger partial charge in [0.1, 0.15) is 0 Å². The number of hydrogen-bond acceptors (Lipinski definition) is 4. The molecule has 0 aliphatic carbocycles. The topological polar surface area (TPSA) is 61.8 Å². The Labute approximate surface area is 103 Å². The zero-order chi connectivity index (χ0) is 13.8. The van der Waals surface area contributed by atoms with Crippen molar-refractivity contribution in [1.82, 2.24) is 10.2 Å². The van der Waals surface area contributed by atoms with E-state index in [2.05, 4.69) is 5.32 Å². The number of hydrogen-bond donors (Lipinski definition) is 2. The summed E-state index contributed by atoms with van der Waals surface area (Å²) in [6.45, 7) is 3.36. The van der Waals surface area contributed by atoms with Gasteiger partial charge in [-0.05, 0) is 6.92 Å². The van der Waals surface area contributed by atoms with E-state index in [0.717, 1.165) is 0 Å². The van der Waals surface area contributed by atoms with Gasteiger partial charge in [0.15, 0.2) is 0 Å². The van der Waals surface area contributed by atoms with Crippen molar-refractivity contribution in [3.8, 4) is 0 Å². The standard InChI is InChI=1S/C10H17F3N2O3/c1-9(8(16)17,10(11,12)13)14-2-3-15-4-6-18-7-5-15/h14H,2-7H2,1H3,(H,16,17). The highest BCUT2D eigenvalue weighted by molar-refractivity contribution is 5.79. The minimum atomic E-state index is -4.83. The number of ether oxygens (including phenoxy) is 1. The fourth-order valence-corrected chi connectivity index (χ4v) is 1.59. The molecule has 1 unspecified atom stereocenters. The van der Waals surface area contributed by atoms with Gasteiger partial charge < -0.3 is 9.84 Å². The predicted octanol–water partition coefficient (Wildman–Crippen LogP) is 0.314. The van der Waals surface area contributed by atoms with Crippen molar-refractivity contribution in [2.45, 2.75) is 18.6 Å². The fourth-order valence-electron chi connectivity index (χ4n) is 1.59. The highest BCUT2D eigenvalue weighted by Crippen LogP contribution is 2.30. The van der Waals surface area contributed by atoms with Crippen molar-refractivity contribution in [1.29, 1.82) is 0 Å². The number of nitrogens with one attached hydrogen (secondary N) is 1. The Balaban J connectivity index is 2.45. The van der Waals surface area contributed by atoms with Gasteiger partial charge in [0.05, 0.1) is 13.2 Å². The Morgan fingerprint density at radius 3 is 2.39 bits per heavy atom. The SMILES string of the molecule is CC(NCCN1CCOCC1)(C(=O)O)C(F)(F)F. The normalized spacial score (nSPS) is 21.6. The summed E-state index contributed by atoms with van der Waals surface area (Å²) >= 11 is 0. The molecule has 1 aliphatic heterocycles. The van der Waals surface area contributed by atoms with E-state index in [1.54, 1.807) is 0 Å². The van der Waals surface area contributed by atoms with Gasteiger partial charge in [-0.25, -0.2) is 4.79 Å². The zero-order valence-corrected chi connectivity index (χ0v) is 10.1. The van der Waals surface area contributed by atoms with Crippen LogP contribution in [0.3, 0.4) is 0 Å². The van der Waals surface area contributed by atoms with Crippen LogP contribution in [0.2, 0.25) is 0 Å². The lowest BCUT2D eigenvalue weighted by molar-refractivity contribution is -0.206. The maximum absolute atomic E-state index is 12.6. The van der Waals surface area contributed by atoms with Crippen LogP contribution in [0.15, 0.2) is 0 Å². The number of halogens is 3. The van der Waals surface area contributed by atoms with Gasteiger partial charge in [0, 0.05) is 26.2 Å². The highest BCUT2D eigenvalue weighted by atomic mass is 19.4. The van der Waals surface area contributed by atoms with Gasteiger partial charge in [0.2, 0.25) is 5.54 Å². The first-order valence-corrected chi connectivity index (χ1v) is 5.62. The van der Waals surface area contributed by atoms with E-state index in [-0.39, 0.29) is 6.54 Å². The summed E-state index contributed by atoms with van der Waals surface area (Å²) in [6.07, 6.45) is -4.83. The molecule has 1 atom stereocenters. The lowest BCUT2D eigenvalue weighted by atomic mass is 10.0. The molecule has 0 aromatic rings. The van der Waals surface area contributed by atoms with Crippen LogP contribution in [0.25, 0.3) is 0 Å². The third-order valence-electron chi connectivity index (χ3n) is 3.00. The van der Waals surface area contributed by atoms with Crippen molar-refractivity contribution >= 4 is 5.97 Å². The number of carbonyl (C=O) groups is 1. The van der Waals surface area contributed by atoms with E-state index in [9.17, 15) is 18.0 Å². The van der Waals surface area contributed by atoms with Crippen LogP contribution >= 0.6 is 0 Å². The Kier molecular flexibility index (Phi) is 4.94. The Bertz CT molecular complexity index is 293. The van der Waals surface area contributed by atoms with Gasteiger partial charge in [-0.3, -0.25) is 10.2 Å². The molecular weight excluding hydrogens is 253 g/mol. The number of carboxylic acid groups (broad SMARTS) is 1. The Morgan fingerprint density at radius 2 is 1.94 bits per heavy atom. The van der Waals surface area contributed by atoms with E-state index in [0.29, 0.717) is 39.8 Å². The van der Waals surface area contributed by atoms with E-state index >= 15 is 0 Å². The van der Waals surface area contributed by atoms with Crippen LogP contribution in [0.5, 0.6) is 0 Å². The summed E-state index contributed by atoms with van der Waals surface area (Å²) in [6, 6.07) is 0. The summed E-state index contributed by atoms with van der Waals surface area (Å²) < 4.78 is 43.0. The molecule has 0 aromatic heterocycles. The smallest absolute Gasteiger partial charge is 0.417 e. The van der Waals surface area contributed by atoms with Crippen LogP contribution in [0, 0.1) is 0 Å². The fraction of sp³-hybridized carbons (Fsp3) is 0.900. The predicted molar refractivity (Wildman–Crippen MR) is 57.4 cm³/mol. The molecule has 5 nitrogen and oxygen atoms in total. The molecule has 2 N–H and O–H groups in total. The number of aliphatic carboxylic acids is 1. The molecule has 0 radical (unpaired) electrons. The van der Waals surface area contributed by atoms with Crippen molar-refractivity contribution in [3.63, 3.8) is 0 Å². The zero-order valence-electron chi connectivity index (χ0n) is 10.1. The monoisotopic (exact) mass is 270 g/mol. The summed E-state index contributed by atoms with van der Waals surface area (Å²) in [5.41, 5.74) is -2.90. The Hall–Kier alpha value is -0.860. The number of alkyl halides is 3. The molecule has 1 fully saturated rings. The molecule has 106 valence electrons. The minimum absolute atomic E-state index is 0.0394. The number of nitrogens with zero attached hydrogens (tertiary/aromatic N) is 1. The molecule has 1 heterocycles. The van der Waals surface area contributed by atoms with Crippen LogP contribution in [0.4, 0.5) is 13.2 Å². The van der Waals surface area contributed by atoms with Crippen molar-refractivity contribution in [2.24, 2.45) is 0 Å². The Morgan fingerprint density at radius 1 is 1.39 bits per heavy atom. The van der Waals surface area contributed by atoms with Gasteiger partial charge in [-0.15, -0.1) is 0 Å². The van der Waals surface area contributed by atoms with E-state index < -0.39 is 17.7 Å². The molecule has 1 aliphatic rings. The molecule has 0 saturated carbocycles. The molecule has 0 bridgehead atoms. The summed E-state index contributed by atoms with van der Waals surface area (Å²) in [7, 11) is 0. The van der Waals surface area contributed by atoms with Crippen molar-refractivity contribution in [2.75, 3.05) is 39.4 Å². The second-order valence-electron chi connectivity index (χ2n) is 4.31. The molecule has 0 amide bonds.